The molecule has 1 aliphatic heterocycles. The van der Waals surface area contributed by atoms with E-state index in [9.17, 15) is 19.2 Å². The van der Waals surface area contributed by atoms with Crippen molar-refractivity contribution >= 4 is 23.8 Å². The molecule has 0 bridgehead atoms. The van der Waals surface area contributed by atoms with Gasteiger partial charge in [-0.25, -0.2) is 4.79 Å². The fourth-order valence-corrected chi connectivity index (χ4v) is 2.76. The minimum atomic E-state index is -0.653. The van der Waals surface area contributed by atoms with Crippen LogP contribution < -0.4 is 10.6 Å². The Labute approximate surface area is 110 Å². The quantitative estimate of drug-likeness (QED) is 0.666. The fraction of sp³-hybridized carbons (Fsp3) is 0.667. The molecule has 7 heteroatoms. The molecule has 0 spiro atoms. The first-order valence-electron chi connectivity index (χ1n) is 6.41. The van der Waals surface area contributed by atoms with Gasteiger partial charge in [0.15, 0.2) is 0 Å². The van der Waals surface area contributed by atoms with Crippen molar-refractivity contribution in [1.82, 2.24) is 15.5 Å². The molecule has 2 aliphatic rings. The van der Waals surface area contributed by atoms with Gasteiger partial charge in [0.05, 0.1) is 11.8 Å². The topological polar surface area (TPSA) is 95.6 Å². The summed E-state index contributed by atoms with van der Waals surface area (Å²) >= 11 is 0. The first-order chi connectivity index (χ1) is 9.04. The summed E-state index contributed by atoms with van der Waals surface area (Å²) in [5.41, 5.74) is 0. The molecule has 19 heavy (non-hydrogen) atoms. The predicted octanol–water partition coefficient (Wildman–Crippen LogP) is -0.383. The first-order valence-corrected chi connectivity index (χ1v) is 6.41. The number of nitrogens with one attached hydrogen (secondary N) is 2. The highest BCUT2D eigenvalue weighted by molar-refractivity contribution is 6.08. The van der Waals surface area contributed by atoms with Crippen molar-refractivity contribution in [3.63, 3.8) is 0 Å². The summed E-state index contributed by atoms with van der Waals surface area (Å²) < 4.78 is 0. The van der Waals surface area contributed by atoms with Crippen molar-refractivity contribution in [1.29, 1.82) is 0 Å². The van der Waals surface area contributed by atoms with E-state index in [0.717, 1.165) is 17.7 Å². The van der Waals surface area contributed by atoms with Gasteiger partial charge in [0.25, 0.3) is 0 Å². The number of hydrogen-bond acceptors (Lipinski definition) is 4. The zero-order valence-corrected chi connectivity index (χ0v) is 10.8. The third-order valence-corrected chi connectivity index (χ3v) is 3.71. The second kappa shape index (κ2) is 5.38. The van der Waals surface area contributed by atoms with Crippen molar-refractivity contribution in [2.45, 2.75) is 25.7 Å². The van der Waals surface area contributed by atoms with Gasteiger partial charge in [0.2, 0.25) is 17.7 Å². The molecule has 0 aromatic rings. The van der Waals surface area contributed by atoms with Crippen LogP contribution in [0.15, 0.2) is 0 Å². The summed E-state index contributed by atoms with van der Waals surface area (Å²) in [5, 5.41) is 4.28. The van der Waals surface area contributed by atoms with E-state index in [4.69, 9.17) is 0 Å². The van der Waals surface area contributed by atoms with Crippen LogP contribution >= 0.6 is 0 Å². The van der Waals surface area contributed by atoms with Crippen molar-refractivity contribution < 1.29 is 19.2 Å². The Morgan fingerprint density at radius 1 is 1.16 bits per heavy atom. The second-order valence-corrected chi connectivity index (χ2v) is 4.89. The number of nitrogens with zero attached hydrogens (tertiary/aromatic N) is 1. The number of fused-ring (bicyclic) bond motifs is 1. The summed E-state index contributed by atoms with van der Waals surface area (Å²) in [6.45, 7) is -0.377. The number of likely N-dealkylation sites (tertiary alicyclic amines) is 1. The maximum atomic E-state index is 12.1. The third kappa shape index (κ3) is 2.59. The Bertz CT molecular complexity index is 411. The monoisotopic (exact) mass is 267 g/mol. The number of rotatable bonds is 2. The minimum Gasteiger partial charge on any atom is -0.341 e. The highest BCUT2D eigenvalue weighted by Crippen LogP contribution is 2.37. The van der Waals surface area contributed by atoms with Gasteiger partial charge in [-0.2, -0.15) is 0 Å². The lowest BCUT2D eigenvalue weighted by Crippen LogP contribution is -2.45. The molecular formula is C12H17N3O4. The maximum Gasteiger partial charge on any atom is 0.321 e. The highest BCUT2D eigenvalue weighted by atomic mass is 16.2. The van der Waals surface area contributed by atoms with Gasteiger partial charge in [0, 0.05) is 7.05 Å². The Morgan fingerprint density at radius 2 is 1.68 bits per heavy atom. The molecule has 2 rings (SSSR count). The van der Waals surface area contributed by atoms with Gasteiger partial charge in [-0.3, -0.25) is 24.6 Å². The number of carbonyl (C=O) groups is 4. The molecule has 0 unspecified atom stereocenters. The van der Waals surface area contributed by atoms with E-state index in [1.54, 1.807) is 0 Å². The lowest BCUT2D eigenvalue weighted by Gasteiger charge is -2.19. The van der Waals surface area contributed by atoms with E-state index in [-0.39, 0.29) is 30.2 Å². The van der Waals surface area contributed by atoms with E-state index in [1.807, 2.05) is 5.32 Å². The van der Waals surface area contributed by atoms with Crippen molar-refractivity contribution in [3.05, 3.63) is 0 Å². The fourth-order valence-electron chi connectivity index (χ4n) is 2.76. The van der Waals surface area contributed by atoms with E-state index < -0.39 is 11.9 Å². The average molecular weight is 267 g/mol. The summed E-state index contributed by atoms with van der Waals surface area (Å²) in [6, 6.07) is -0.651. The normalized spacial score (nSPS) is 26.1. The molecule has 0 aromatic heterocycles. The van der Waals surface area contributed by atoms with Crippen molar-refractivity contribution in [2.75, 3.05) is 13.6 Å². The third-order valence-electron chi connectivity index (χ3n) is 3.71. The van der Waals surface area contributed by atoms with Gasteiger partial charge in [0.1, 0.15) is 6.54 Å². The molecular weight excluding hydrogens is 250 g/mol. The highest BCUT2D eigenvalue weighted by Gasteiger charge is 2.48. The summed E-state index contributed by atoms with van der Waals surface area (Å²) in [4.78, 5) is 47.6. The number of hydrogen-bond donors (Lipinski definition) is 2. The van der Waals surface area contributed by atoms with Crippen LogP contribution in [0, 0.1) is 11.8 Å². The van der Waals surface area contributed by atoms with Crippen LogP contribution in [0.4, 0.5) is 4.79 Å². The molecule has 5 amide bonds. The first kappa shape index (κ1) is 13.5. The number of carbonyl (C=O) groups excluding carboxylic acids is 4. The molecule has 1 saturated heterocycles. The summed E-state index contributed by atoms with van der Waals surface area (Å²) in [5.74, 6) is -1.74. The van der Waals surface area contributed by atoms with Gasteiger partial charge < -0.3 is 5.32 Å². The van der Waals surface area contributed by atoms with E-state index in [0.29, 0.717) is 12.8 Å². The van der Waals surface area contributed by atoms with Gasteiger partial charge in [-0.1, -0.05) is 12.8 Å². The van der Waals surface area contributed by atoms with Gasteiger partial charge in [-0.15, -0.1) is 0 Å². The average Bonchev–Trinajstić information content (AvgIpc) is 2.64. The molecule has 2 fully saturated rings. The molecule has 1 heterocycles. The molecule has 2 N–H and O–H groups in total. The zero-order chi connectivity index (χ0) is 14.0. The lowest BCUT2D eigenvalue weighted by molar-refractivity contribution is -0.143. The summed E-state index contributed by atoms with van der Waals surface area (Å²) in [6.07, 6.45) is 3.31. The predicted molar refractivity (Wildman–Crippen MR) is 64.8 cm³/mol. The molecule has 1 aliphatic carbocycles. The number of urea groups is 1. The Morgan fingerprint density at radius 3 is 2.16 bits per heavy atom. The van der Waals surface area contributed by atoms with Crippen molar-refractivity contribution in [2.24, 2.45) is 11.8 Å². The zero-order valence-electron chi connectivity index (χ0n) is 10.8. The standard InChI is InChI=1S/C12H17N3O4/c1-13-12(19)14-9(16)6-15-10(17)7-4-2-3-5-8(7)11(15)18/h7-8H,2-6H2,1H3,(H2,13,14,16,19)/t7-,8-/m0/s1. The van der Waals surface area contributed by atoms with E-state index >= 15 is 0 Å². The molecule has 104 valence electrons. The molecule has 0 radical (unpaired) electrons. The largest absolute Gasteiger partial charge is 0.341 e. The smallest absolute Gasteiger partial charge is 0.321 e. The Balaban J connectivity index is 2.00. The van der Waals surface area contributed by atoms with Gasteiger partial charge in [-0.05, 0) is 12.8 Å². The lowest BCUT2D eigenvalue weighted by atomic mass is 9.81. The maximum absolute atomic E-state index is 12.1. The summed E-state index contributed by atoms with van der Waals surface area (Å²) in [7, 11) is 1.38. The Hall–Kier alpha value is -1.92. The van der Waals surface area contributed by atoms with Crippen LogP contribution in [0.2, 0.25) is 0 Å². The SMILES string of the molecule is CNC(=O)NC(=O)CN1C(=O)[C@H]2CCCC[C@@H]2C1=O. The molecule has 2 atom stereocenters. The number of imide groups is 2. The van der Waals surface area contributed by atoms with Crippen LogP contribution in [0.1, 0.15) is 25.7 Å². The van der Waals surface area contributed by atoms with Gasteiger partial charge >= 0.3 is 6.03 Å². The van der Waals surface area contributed by atoms with Crippen LogP contribution in [0.25, 0.3) is 0 Å². The Kier molecular flexibility index (Phi) is 3.82. The number of amides is 5. The van der Waals surface area contributed by atoms with Crippen LogP contribution in [-0.4, -0.2) is 42.2 Å². The van der Waals surface area contributed by atoms with Crippen LogP contribution in [-0.2, 0) is 14.4 Å². The minimum absolute atomic E-state index is 0.269. The van der Waals surface area contributed by atoms with Crippen molar-refractivity contribution in [3.8, 4) is 0 Å². The van der Waals surface area contributed by atoms with Crippen LogP contribution in [0.5, 0.6) is 0 Å². The molecule has 1 saturated carbocycles. The van der Waals surface area contributed by atoms with E-state index in [2.05, 4.69) is 5.32 Å². The van der Waals surface area contributed by atoms with E-state index in [1.165, 1.54) is 7.05 Å². The van der Waals surface area contributed by atoms with Crippen LogP contribution in [0.3, 0.4) is 0 Å². The second-order valence-electron chi connectivity index (χ2n) is 4.89. The molecule has 0 aromatic carbocycles. The molecule has 7 nitrogen and oxygen atoms in total.